The zero-order chi connectivity index (χ0) is 17.2. The fourth-order valence-electron chi connectivity index (χ4n) is 2.95. The van der Waals surface area contributed by atoms with Gasteiger partial charge in [0.1, 0.15) is 22.4 Å². The molecule has 22 heavy (non-hydrogen) atoms. The summed E-state index contributed by atoms with van der Waals surface area (Å²) in [6.45, 7) is 17.7. The molecule has 0 aromatic carbocycles. The SMILES string of the molecule is COC(OC)[SiH2]CCCOCCCN([Si](C)(C)C)[Si](C)(C)C. The van der Waals surface area contributed by atoms with Gasteiger partial charge in [-0.15, -0.1) is 0 Å². The van der Waals surface area contributed by atoms with Crippen LogP contribution in [0.4, 0.5) is 0 Å². The molecule has 0 aliphatic carbocycles. The molecule has 0 aromatic heterocycles. The summed E-state index contributed by atoms with van der Waals surface area (Å²) >= 11 is 0. The second-order valence-corrected chi connectivity index (χ2v) is 20.0. The highest BCUT2D eigenvalue weighted by atomic mass is 28.4. The van der Waals surface area contributed by atoms with Crippen LogP contribution >= 0.6 is 0 Å². The summed E-state index contributed by atoms with van der Waals surface area (Å²) in [4.78, 5) is 0. The highest BCUT2D eigenvalue weighted by molar-refractivity contribution is 6.89. The normalized spacial score (nSPS) is 13.9. The summed E-state index contributed by atoms with van der Waals surface area (Å²) in [5.41, 5.74) is 0. The standard InChI is InChI=1S/C15H39NO3Si3/c1-17-15(18-2)20-14-10-13-19-12-9-11-16(21(3,4)5)22(6,7)8/h15H,9-14,20H2,1-8H3. The minimum Gasteiger partial charge on any atom is -0.381 e. The fourth-order valence-corrected chi connectivity index (χ4v) is 14.0. The maximum absolute atomic E-state index is 5.80. The Hall–Kier alpha value is 0.491. The van der Waals surface area contributed by atoms with Gasteiger partial charge >= 0.3 is 0 Å². The average Bonchev–Trinajstić information content (AvgIpc) is 2.38. The van der Waals surface area contributed by atoms with E-state index in [9.17, 15) is 0 Å². The molecule has 4 nitrogen and oxygen atoms in total. The van der Waals surface area contributed by atoms with E-state index in [1.807, 2.05) is 0 Å². The second kappa shape index (κ2) is 11.1. The topological polar surface area (TPSA) is 30.9 Å². The van der Waals surface area contributed by atoms with Crippen LogP contribution in [0.3, 0.4) is 0 Å². The summed E-state index contributed by atoms with van der Waals surface area (Å²) in [7, 11) is 0.745. The molecule has 0 heterocycles. The Kier molecular flexibility index (Phi) is 11.4. The van der Waals surface area contributed by atoms with Crippen LogP contribution in [0.5, 0.6) is 0 Å². The van der Waals surface area contributed by atoms with Crippen LogP contribution < -0.4 is 0 Å². The lowest BCUT2D eigenvalue weighted by Gasteiger charge is -2.43. The van der Waals surface area contributed by atoms with E-state index in [4.69, 9.17) is 14.2 Å². The highest BCUT2D eigenvalue weighted by Gasteiger charge is 2.33. The van der Waals surface area contributed by atoms with Gasteiger partial charge in [0.2, 0.25) is 0 Å². The molecule has 0 aliphatic heterocycles. The number of hydrogen-bond acceptors (Lipinski definition) is 4. The van der Waals surface area contributed by atoms with Gasteiger partial charge in [0.15, 0.2) is 0 Å². The number of ether oxygens (including phenoxy) is 3. The Morgan fingerprint density at radius 1 is 0.864 bits per heavy atom. The van der Waals surface area contributed by atoms with E-state index in [0.717, 1.165) is 26.1 Å². The Labute approximate surface area is 142 Å². The quantitative estimate of drug-likeness (QED) is 0.285. The maximum atomic E-state index is 5.80. The molecule has 0 saturated heterocycles. The Balaban J connectivity index is 3.75. The number of methoxy groups -OCH3 is 2. The highest BCUT2D eigenvalue weighted by Crippen LogP contribution is 2.19. The van der Waals surface area contributed by atoms with Crippen LogP contribution in [0, 0.1) is 0 Å². The average molecular weight is 366 g/mol. The lowest BCUT2D eigenvalue weighted by Crippen LogP contribution is -2.59. The third kappa shape index (κ3) is 10.3. The van der Waals surface area contributed by atoms with Crippen molar-refractivity contribution >= 4 is 26.0 Å². The summed E-state index contributed by atoms with van der Waals surface area (Å²) in [5, 5.41) is 0. The molecule has 0 amide bonds. The molecule has 0 saturated carbocycles. The van der Waals surface area contributed by atoms with E-state index in [1.54, 1.807) is 14.2 Å². The molecule has 0 bridgehead atoms. The maximum Gasteiger partial charge on any atom is 0.134 e. The van der Waals surface area contributed by atoms with E-state index in [1.165, 1.54) is 12.6 Å². The van der Waals surface area contributed by atoms with E-state index < -0.39 is 16.5 Å². The first-order valence-electron chi connectivity index (χ1n) is 8.54. The van der Waals surface area contributed by atoms with Gasteiger partial charge in [0.05, 0.1) is 9.52 Å². The predicted molar refractivity (Wildman–Crippen MR) is 105 cm³/mol. The summed E-state index contributed by atoms with van der Waals surface area (Å²) < 4.78 is 19.1. The number of nitrogens with zero attached hydrogens (tertiary/aromatic N) is 1. The zero-order valence-corrected chi connectivity index (χ0v) is 19.6. The van der Waals surface area contributed by atoms with Gasteiger partial charge in [-0.3, -0.25) is 0 Å². The monoisotopic (exact) mass is 365 g/mol. The van der Waals surface area contributed by atoms with Gasteiger partial charge < -0.3 is 18.4 Å². The molecule has 0 atom stereocenters. The lowest BCUT2D eigenvalue weighted by atomic mass is 10.4. The molecule has 0 rings (SSSR count). The minimum absolute atomic E-state index is 0.0713. The molecule has 0 aromatic rings. The Morgan fingerprint density at radius 2 is 1.36 bits per heavy atom. The van der Waals surface area contributed by atoms with Crippen LogP contribution in [0.2, 0.25) is 45.3 Å². The third-order valence-corrected chi connectivity index (χ3v) is 13.6. The van der Waals surface area contributed by atoms with Gasteiger partial charge in [-0.05, 0) is 19.4 Å². The first kappa shape index (κ1) is 22.5. The van der Waals surface area contributed by atoms with Crippen molar-refractivity contribution in [1.82, 2.24) is 4.23 Å². The van der Waals surface area contributed by atoms with Crippen molar-refractivity contribution in [2.45, 2.75) is 64.1 Å². The van der Waals surface area contributed by atoms with Crippen molar-refractivity contribution in [3.05, 3.63) is 0 Å². The molecule has 134 valence electrons. The molecular formula is C15H39NO3Si3. The van der Waals surface area contributed by atoms with Gasteiger partial charge in [-0.2, -0.15) is 0 Å². The second-order valence-electron chi connectivity index (χ2n) is 7.86. The smallest absolute Gasteiger partial charge is 0.134 e. The van der Waals surface area contributed by atoms with Crippen LogP contribution in [0.15, 0.2) is 0 Å². The molecule has 0 radical (unpaired) electrons. The van der Waals surface area contributed by atoms with Crippen molar-refractivity contribution in [3.63, 3.8) is 0 Å². The molecule has 7 heteroatoms. The fraction of sp³-hybridized carbons (Fsp3) is 1.00. The van der Waals surface area contributed by atoms with Crippen molar-refractivity contribution < 1.29 is 14.2 Å². The van der Waals surface area contributed by atoms with E-state index in [0.29, 0.717) is 0 Å². The van der Waals surface area contributed by atoms with Crippen LogP contribution in [0.1, 0.15) is 12.8 Å². The molecule has 0 fully saturated rings. The van der Waals surface area contributed by atoms with Crippen molar-refractivity contribution in [2.24, 2.45) is 0 Å². The minimum atomic E-state index is -1.21. The van der Waals surface area contributed by atoms with Crippen LogP contribution in [-0.4, -0.2) is 70.1 Å². The van der Waals surface area contributed by atoms with Crippen LogP contribution in [0.25, 0.3) is 0 Å². The molecular weight excluding hydrogens is 326 g/mol. The number of rotatable bonds is 13. The van der Waals surface area contributed by atoms with E-state index >= 15 is 0 Å². The summed E-state index contributed by atoms with van der Waals surface area (Å²) in [6.07, 6.45) is 2.30. The number of hydrogen-bond donors (Lipinski definition) is 0. The molecule has 0 aliphatic rings. The first-order chi connectivity index (χ1) is 10.1. The Bertz CT molecular complexity index is 262. The van der Waals surface area contributed by atoms with E-state index in [-0.39, 0.29) is 15.4 Å². The predicted octanol–water partition coefficient (Wildman–Crippen LogP) is 2.92. The Morgan fingerprint density at radius 3 is 1.82 bits per heavy atom. The van der Waals surface area contributed by atoms with Crippen molar-refractivity contribution in [1.29, 1.82) is 0 Å². The van der Waals surface area contributed by atoms with Crippen LogP contribution in [-0.2, 0) is 14.2 Å². The van der Waals surface area contributed by atoms with Gasteiger partial charge in [0, 0.05) is 27.4 Å². The third-order valence-electron chi connectivity index (χ3n) is 3.79. The largest absolute Gasteiger partial charge is 0.381 e. The lowest BCUT2D eigenvalue weighted by molar-refractivity contribution is -0.0442. The molecule has 0 N–H and O–H groups in total. The van der Waals surface area contributed by atoms with E-state index in [2.05, 4.69) is 43.5 Å². The summed E-state index contributed by atoms with van der Waals surface area (Å²) in [5.74, 6) is 0.0713. The zero-order valence-electron chi connectivity index (χ0n) is 16.2. The van der Waals surface area contributed by atoms with Crippen molar-refractivity contribution in [3.8, 4) is 0 Å². The van der Waals surface area contributed by atoms with Gasteiger partial charge in [0.25, 0.3) is 0 Å². The molecule has 0 spiro atoms. The van der Waals surface area contributed by atoms with Crippen molar-refractivity contribution in [2.75, 3.05) is 34.0 Å². The van der Waals surface area contributed by atoms with Gasteiger partial charge in [-0.25, -0.2) is 0 Å². The summed E-state index contributed by atoms with van der Waals surface area (Å²) in [6, 6.07) is 1.22. The molecule has 0 unspecified atom stereocenters. The van der Waals surface area contributed by atoms with Gasteiger partial charge in [-0.1, -0.05) is 45.3 Å². The first-order valence-corrected chi connectivity index (χ1v) is 17.2.